The van der Waals surface area contributed by atoms with Crippen LogP contribution in [-0.4, -0.2) is 41.0 Å². The Hall–Kier alpha value is -1.59. The maximum atomic E-state index is 11.0. The zero-order chi connectivity index (χ0) is 13.1. The number of nitrogens with one attached hydrogen (secondary N) is 1. The Morgan fingerprint density at radius 3 is 2.72 bits per heavy atom. The number of benzene rings is 1. The number of carbonyl (C=O) groups is 1. The van der Waals surface area contributed by atoms with Crippen LogP contribution < -0.4 is 5.32 Å². The van der Waals surface area contributed by atoms with Gasteiger partial charge in [-0.1, -0.05) is 12.1 Å². The maximum absolute atomic E-state index is 11.0. The molecule has 1 heterocycles. The van der Waals surface area contributed by atoms with Crippen LogP contribution in [0.5, 0.6) is 5.75 Å². The van der Waals surface area contributed by atoms with Gasteiger partial charge < -0.3 is 20.3 Å². The van der Waals surface area contributed by atoms with E-state index in [4.69, 9.17) is 4.74 Å². The van der Waals surface area contributed by atoms with Crippen molar-refractivity contribution < 1.29 is 19.7 Å². The number of carbonyl (C=O) groups excluding carboxylic acids is 1. The number of β-amino-alcohol motifs (C(OH)–C–C–N with tert-alkyl or cyclic N) is 1. The van der Waals surface area contributed by atoms with Gasteiger partial charge in [-0.15, -0.1) is 0 Å². The molecule has 5 nitrogen and oxygen atoms in total. The standard InChI is InChI=1S/C13H17NO4/c1-8(15)18-13-11(14-7-12(13)17)6-9-2-4-10(16)5-3-9/h2-5,11-14,16-17H,6-7H2,1H3/t11-,12-,13-/m0/s1. The summed E-state index contributed by atoms with van der Waals surface area (Å²) in [5, 5.41) is 22.1. The van der Waals surface area contributed by atoms with Crippen molar-refractivity contribution in [3.05, 3.63) is 29.8 Å². The first kappa shape index (κ1) is 12.9. The molecule has 1 fully saturated rings. The number of ether oxygens (including phenoxy) is 1. The normalized spacial score (nSPS) is 27.1. The van der Waals surface area contributed by atoms with E-state index in [9.17, 15) is 15.0 Å². The van der Waals surface area contributed by atoms with Crippen LogP contribution >= 0.6 is 0 Å². The average Bonchev–Trinajstić information content (AvgIpc) is 2.64. The second kappa shape index (κ2) is 5.37. The Labute approximate surface area is 105 Å². The predicted octanol–water partition coefficient (Wildman–Crippen LogP) is 0.199. The van der Waals surface area contributed by atoms with Gasteiger partial charge >= 0.3 is 5.97 Å². The van der Waals surface area contributed by atoms with Gasteiger partial charge in [-0.2, -0.15) is 0 Å². The van der Waals surface area contributed by atoms with E-state index in [1.807, 2.05) is 12.1 Å². The monoisotopic (exact) mass is 251 g/mol. The minimum atomic E-state index is -0.670. The number of aromatic hydroxyl groups is 1. The van der Waals surface area contributed by atoms with Gasteiger partial charge in [-0.25, -0.2) is 0 Å². The van der Waals surface area contributed by atoms with Gasteiger partial charge in [0.05, 0.1) is 6.04 Å². The highest BCUT2D eigenvalue weighted by Crippen LogP contribution is 2.18. The summed E-state index contributed by atoms with van der Waals surface area (Å²) < 4.78 is 5.13. The lowest BCUT2D eigenvalue weighted by atomic mass is 10.0. The second-order valence-electron chi connectivity index (χ2n) is 4.53. The molecule has 98 valence electrons. The van der Waals surface area contributed by atoms with Crippen LogP contribution in [0.2, 0.25) is 0 Å². The topological polar surface area (TPSA) is 78.8 Å². The van der Waals surface area contributed by atoms with Gasteiger partial charge in [0.1, 0.15) is 18.0 Å². The average molecular weight is 251 g/mol. The molecule has 1 saturated heterocycles. The fourth-order valence-electron chi connectivity index (χ4n) is 2.20. The molecule has 0 bridgehead atoms. The number of hydrogen-bond acceptors (Lipinski definition) is 5. The van der Waals surface area contributed by atoms with Crippen LogP contribution in [0.15, 0.2) is 24.3 Å². The molecule has 0 aliphatic carbocycles. The van der Waals surface area contributed by atoms with Crippen molar-refractivity contribution in [1.29, 1.82) is 0 Å². The molecule has 5 heteroatoms. The Balaban J connectivity index is 2.03. The summed E-state index contributed by atoms with van der Waals surface area (Å²) in [4.78, 5) is 11.0. The van der Waals surface area contributed by atoms with E-state index < -0.39 is 18.2 Å². The summed E-state index contributed by atoms with van der Waals surface area (Å²) >= 11 is 0. The third-order valence-electron chi connectivity index (χ3n) is 3.06. The zero-order valence-corrected chi connectivity index (χ0v) is 10.2. The summed E-state index contributed by atoms with van der Waals surface area (Å²) in [5.41, 5.74) is 1.01. The Bertz CT molecular complexity index is 418. The first-order chi connectivity index (χ1) is 8.56. The van der Waals surface area contributed by atoms with Gasteiger partial charge in [0, 0.05) is 13.5 Å². The highest BCUT2D eigenvalue weighted by atomic mass is 16.6. The van der Waals surface area contributed by atoms with E-state index in [0.717, 1.165) is 5.56 Å². The van der Waals surface area contributed by atoms with Crippen molar-refractivity contribution in [2.75, 3.05) is 6.54 Å². The molecule has 3 atom stereocenters. The minimum Gasteiger partial charge on any atom is -0.508 e. The molecule has 0 unspecified atom stereocenters. The molecule has 1 aromatic carbocycles. The van der Waals surface area contributed by atoms with E-state index in [1.54, 1.807) is 12.1 Å². The van der Waals surface area contributed by atoms with E-state index in [0.29, 0.717) is 13.0 Å². The van der Waals surface area contributed by atoms with Gasteiger partial charge in [-0.05, 0) is 24.1 Å². The molecular weight excluding hydrogens is 234 g/mol. The van der Waals surface area contributed by atoms with Crippen molar-refractivity contribution in [1.82, 2.24) is 5.32 Å². The van der Waals surface area contributed by atoms with Crippen molar-refractivity contribution in [2.45, 2.75) is 31.6 Å². The summed E-state index contributed by atoms with van der Waals surface area (Å²) in [5.74, 6) is -0.173. The quantitative estimate of drug-likeness (QED) is 0.669. The van der Waals surface area contributed by atoms with Crippen molar-refractivity contribution in [2.24, 2.45) is 0 Å². The lowest BCUT2D eigenvalue weighted by Gasteiger charge is -2.21. The van der Waals surface area contributed by atoms with E-state index in [-0.39, 0.29) is 11.8 Å². The third-order valence-corrected chi connectivity index (χ3v) is 3.06. The fraction of sp³-hybridized carbons (Fsp3) is 0.462. The Morgan fingerprint density at radius 1 is 1.44 bits per heavy atom. The van der Waals surface area contributed by atoms with Crippen molar-refractivity contribution in [3.63, 3.8) is 0 Å². The summed E-state index contributed by atoms with van der Waals surface area (Å²) in [7, 11) is 0. The molecule has 1 aliphatic heterocycles. The summed E-state index contributed by atoms with van der Waals surface area (Å²) in [6.07, 6.45) is -0.553. The van der Waals surface area contributed by atoms with Crippen LogP contribution in [-0.2, 0) is 16.0 Å². The predicted molar refractivity (Wildman–Crippen MR) is 65.2 cm³/mol. The van der Waals surface area contributed by atoms with Gasteiger partial charge in [0.15, 0.2) is 0 Å². The molecule has 0 saturated carbocycles. The van der Waals surface area contributed by atoms with Crippen LogP contribution in [0.4, 0.5) is 0 Å². The van der Waals surface area contributed by atoms with Gasteiger partial charge in [0.2, 0.25) is 0 Å². The fourth-order valence-corrected chi connectivity index (χ4v) is 2.20. The maximum Gasteiger partial charge on any atom is 0.303 e. The molecule has 1 aliphatic rings. The first-order valence-electron chi connectivity index (χ1n) is 5.93. The van der Waals surface area contributed by atoms with E-state index >= 15 is 0 Å². The number of rotatable bonds is 3. The highest BCUT2D eigenvalue weighted by Gasteiger charge is 2.37. The second-order valence-corrected chi connectivity index (χ2v) is 4.53. The molecule has 0 radical (unpaired) electrons. The number of esters is 1. The zero-order valence-electron chi connectivity index (χ0n) is 10.2. The van der Waals surface area contributed by atoms with Crippen LogP contribution in [0.25, 0.3) is 0 Å². The molecule has 0 spiro atoms. The van der Waals surface area contributed by atoms with E-state index in [1.165, 1.54) is 6.92 Å². The number of phenols is 1. The molecular formula is C13H17NO4. The van der Waals surface area contributed by atoms with Gasteiger partial charge in [-0.3, -0.25) is 4.79 Å². The molecule has 0 amide bonds. The largest absolute Gasteiger partial charge is 0.508 e. The SMILES string of the molecule is CC(=O)O[C@H]1[C@H](Cc2ccc(O)cc2)NC[C@@H]1O. The lowest BCUT2D eigenvalue weighted by Crippen LogP contribution is -2.38. The highest BCUT2D eigenvalue weighted by molar-refractivity contribution is 5.66. The molecule has 0 aromatic heterocycles. The Morgan fingerprint density at radius 2 is 2.11 bits per heavy atom. The summed E-state index contributed by atoms with van der Waals surface area (Å²) in [6.45, 7) is 1.75. The number of hydrogen-bond donors (Lipinski definition) is 3. The smallest absolute Gasteiger partial charge is 0.303 e. The molecule has 2 rings (SSSR count). The molecule has 1 aromatic rings. The lowest BCUT2D eigenvalue weighted by molar-refractivity contribution is -0.151. The minimum absolute atomic E-state index is 0.103. The van der Waals surface area contributed by atoms with Crippen molar-refractivity contribution in [3.8, 4) is 5.75 Å². The number of phenolic OH excluding ortho intramolecular Hbond substituents is 1. The third kappa shape index (κ3) is 3.00. The summed E-state index contributed by atoms with van der Waals surface area (Å²) in [6, 6.07) is 6.75. The van der Waals surface area contributed by atoms with Crippen LogP contribution in [0.1, 0.15) is 12.5 Å². The van der Waals surface area contributed by atoms with Crippen LogP contribution in [0.3, 0.4) is 0 Å². The first-order valence-corrected chi connectivity index (χ1v) is 5.93. The molecule has 3 N–H and O–H groups in total. The van der Waals surface area contributed by atoms with Crippen molar-refractivity contribution >= 4 is 5.97 Å². The Kier molecular flexibility index (Phi) is 3.84. The number of aliphatic hydroxyl groups is 1. The van der Waals surface area contributed by atoms with E-state index in [2.05, 4.69) is 5.32 Å². The van der Waals surface area contributed by atoms with Crippen LogP contribution in [0, 0.1) is 0 Å². The van der Waals surface area contributed by atoms with Gasteiger partial charge in [0.25, 0.3) is 0 Å². The number of aliphatic hydroxyl groups excluding tert-OH is 1. The molecule has 18 heavy (non-hydrogen) atoms.